The third kappa shape index (κ3) is 3.03. The fourth-order valence-corrected chi connectivity index (χ4v) is 4.33. The Hall–Kier alpha value is -0.0800. The van der Waals surface area contributed by atoms with Crippen molar-refractivity contribution in [1.82, 2.24) is 4.90 Å². The molecule has 2 rings (SSSR count). The molecule has 0 aromatic carbocycles. The van der Waals surface area contributed by atoms with Crippen molar-refractivity contribution in [2.24, 2.45) is 17.6 Å². The second-order valence-corrected chi connectivity index (χ2v) is 6.67. The summed E-state index contributed by atoms with van der Waals surface area (Å²) in [6, 6.07) is 1.81. The highest BCUT2D eigenvalue weighted by molar-refractivity contribution is 4.93. The Bertz CT molecular complexity index is 223. The highest BCUT2D eigenvalue weighted by Gasteiger charge is 2.36. The molecule has 2 heteroatoms. The normalized spacial score (nSPS) is 40.8. The minimum Gasteiger partial charge on any atom is -0.326 e. The molecule has 17 heavy (non-hydrogen) atoms. The van der Waals surface area contributed by atoms with Gasteiger partial charge in [-0.25, -0.2) is 0 Å². The predicted molar refractivity (Wildman–Crippen MR) is 74.0 cm³/mol. The molecule has 2 N–H and O–H groups in total. The maximum absolute atomic E-state index is 6.43. The lowest BCUT2D eigenvalue weighted by Gasteiger charge is -2.46. The van der Waals surface area contributed by atoms with Gasteiger partial charge in [-0.1, -0.05) is 33.1 Å². The molecule has 4 atom stereocenters. The minimum atomic E-state index is 0.390. The number of nitrogens with two attached hydrogens (primary N) is 1. The fraction of sp³-hybridized carbons (Fsp3) is 1.00. The molecule has 0 amide bonds. The molecule has 2 fully saturated rings. The molecule has 2 aliphatic rings. The number of rotatable bonds is 2. The fourth-order valence-electron chi connectivity index (χ4n) is 4.33. The van der Waals surface area contributed by atoms with Crippen LogP contribution < -0.4 is 5.73 Å². The van der Waals surface area contributed by atoms with Crippen molar-refractivity contribution >= 4 is 0 Å². The molecular formula is C15H30N2. The molecule has 2 saturated carbocycles. The highest BCUT2D eigenvalue weighted by atomic mass is 15.2. The van der Waals surface area contributed by atoms with Gasteiger partial charge in [-0.15, -0.1) is 0 Å². The number of nitrogens with zero attached hydrogens (tertiary/aromatic N) is 1. The van der Waals surface area contributed by atoms with Gasteiger partial charge >= 0.3 is 0 Å². The van der Waals surface area contributed by atoms with E-state index in [9.17, 15) is 0 Å². The molecule has 0 spiro atoms. The van der Waals surface area contributed by atoms with Crippen molar-refractivity contribution in [2.45, 2.75) is 76.9 Å². The van der Waals surface area contributed by atoms with Crippen LogP contribution in [0.1, 0.15) is 58.8 Å². The van der Waals surface area contributed by atoms with Crippen molar-refractivity contribution in [2.75, 3.05) is 7.05 Å². The van der Waals surface area contributed by atoms with Crippen LogP contribution in [0.2, 0.25) is 0 Å². The van der Waals surface area contributed by atoms with Gasteiger partial charge in [0.2, 0.25) is 0 Å². The van der Waals surface area contributed by atoms with E-state index >= 15 is 0 Å². The summed E-state index contributed by atoms with van der Waals surface area (Å²) in [7, 11) is 2.33. The average Bonchev–Trinajstić information content (AvgIpc) is 2.28. The van der Waals surface area contributed by atoms with Crippen molar-refractivity contribution in [3.63, 3.8) is 0 Å². The molecule has 0 aliphatic heterocycles. The van der Waals surface area contributed by atoms with Crippen molar-refractivity contribution in [3.8, 4) is 0 Å². The highest BCUT2D eigenvalue weighted by Crippen LogP contribution is 2.34. The van der Waals surface area contributed by atoms with Crippen LogP contribution in [-0.2, 0) is 0 Å². The number of hydrogen-bond donors (Lipinski definition) is 1. The van der Waals surface area contributed by atoms with E-state index in [4.69, 9.17) is 5.73 Å². The Morgan fingerprint density at radius 1 is 1.00 bits per heavy atom. The summed E-state index contributed by atoms with van der Waals surface area (Å²) in [4.78, 5) is 2.64. The molecule has 0 aromatic rings. The van der Waals surface area contributed by atoms with Gasteiger partial charge in [0.1, 0.15) is 0 Å². The van der Waals surface area contributed by atoms with E-state index in [1.54, 1.807) is 0 Å². The second-order valence-electron chi connectivity index (χ2n) is 6.67. The molecule has 0 bridgehead atoms. The molecule has 100 valence electrons. The largest absolute Gasteiger partial charge is 0.326 e. The molecule has 2 aliphatic carbocycles. The van der Waals surface area contributed by atoms with Gasteiger partial charge in [-0.2, -0.15) is 0 Å². The van der Waals surface area contributed by atoms with Gasteiger partial charge in [0.25, 0.3) is 0 Å². The van der Waals surface area contributed by atoms with E-state index in [-0.39, 0.29) is 0 Å². The van der Waals surface area contributed by atoms with Gasteiger partial charge in [-0.3, -0.25) is 4.90 Å². The summed E-state index contributed by atoms with van der Waals surface area (Å²) < 4.78 is 0. The SMILES string of the molecule is CC1CC(C)C(N(C)C2CCCCC2)C(N)C1. The predicted octanol–water partition coefficient (Wildman–Crippen LogP) is 3.01. The monoisotopic (exact) mass is 238 g/mol. The lowest BCUT2D eigenvalue weighted by atomic mass is 9.75. The molecule has 4 unspecified atom stereocenters. The van der Waals surface area contributed by atoms with Crippen LogP contribution in [0.4, 0.5) is 0 Å². The zero-order valence-electron chi connectivity index (χ0n) is 11.9. The number of likely N-dealkylation sites (N-methyl/N-ethyl adjacent to an activating group) is 1. The maximum atomic E-state index is 6.43. The van der Waals surface area contributed by atoms with Crippen molar-refractivity contribution in [3.05, 3.63) is 0 Å². The third-order valence-electron chi connectivity index (χ3n) is 5.09. The van der Waals surface area contributed by atoms with Crippen LogP contribution in [0.3, 0.4) is 0 Å². The van der Waals surface area contributed by atoms with Crippen LogP contribution in [0.5, 0.6) is 0 Å². The standard InChI is InChI=1S/C15H30N2/c1-11-9-12(2)15(14(16)10-11)17(3)13-7-5-4-6-8-13/h11-15H,4-10,16H2,1-3H3. The van der Waals surface area contributed by atoms with Gasteiger partial charge in [0.05, 0.1) is 0 Å². The molecular weight excluding hydrogens is 208 g/mol. The summed E-state index contributed by atoms with van der Waals surface area (Å²) in [5.74, 6) is 1.58. The zero-order chi connectivity index (χ0) is 12.4. The minimum absolute atomic E-state index is 0.390. The van der Waals surface area contributed by atoms with Crippen molar-refractivity contribution < 1.29 is 0 Å². The summed E-state index contributed by atoms with van der Waals surface area (Å²) in [5, 5.41) is 0. The van der Waals surface area contributed by atoms with Crippen molar-refractivity contribution in [1.29, 1.82) is 0 Å². The molecule has 0 aromatic heterocycles. The first-order valence-corrected chi connectivity index (χ1v) is 7.57. The lowest BCUT2D eigenvalue weighted by Crippen LogP contribution is -2.56. The first kappa shape index (κ1) is 13.4. The van der Waals surface area contributed by atoms with Crippen LogP contribution in [-0.4, -0.2) is 30.1 Å². The number of hydrogen-bond acceptors (Lipinski definition) is 2. The summed E-state index contributed by atoms with van der Waals surface area (Å²) >= 11 is 0. The smallest absolute Gasteiger partial charge is 0.0272 e. The first-order chi connectivity index (χ1) is 8.09. The Labute approximate surface area is 107 Å². The van der Waals surface area contributed by atoms with E-state index in [0.29, 0.717) is 12.1 Å². The van der Waals surface area contributed by atoms with Crippen LogP contribution >= 0.6 is 0 Å². The Morgan fingerprint density at radius 3 is 2.24 bits per heavy atom. The van der Waals surface area contributed by atoms with Gasteiger partial charge < -0.3 is 5.73 Å². The Kier molecular flexibility index (Phi) is 4.48. The Balaban J connectivity index is 1.98. The van der Waals surface area contributed by atoms with E-state index in [1.807, 2.05) is 0 Å². The quantitative estimate of drug-likeness (QED) is 0.801. The molecule has 0 heterocycles. The van der Waals surface area contributed by atoms with E-state index in [2.05, 4.69) is 25.8 Å². The van der Waals surface area contributed by atoms with Gasteiger partial charge in [0.15, 0.2) is 0 Å². The molecule has 2 nitrogen and oxygen atoms in total. The molecule has 0 saturated heterocycles. The summed E-state index contributed by atoms with van der Waals surface area (Å²) in [6.07, 6.45) is 9.63. The van der Waals surface area contributed by atoms with Crippen LogP contribution in [0.15, 0.2) is 0 Å². The Morgan fingerprint density at radius 2 is 1.65 bits per heavy atom. The summed E-state index contributed by atoms with van der Waals surface area (Å²) in [5.41, 5.74) is 6.43. The average molecular weight is 238 g/mol. The van der Waals surface area contributed by atoms with Gasteiger partial charge in [0, 0.05) is 18.1 Å². The molecule has 0 radical (unpaired) electrons. The van der Waals surface area contributed by atoms with E-state index in [0.717, 1.165) is 17.9 Å². The summed E-state index contributed by atoms with van der Waals surface area (Å²) in [6.45, 7) is 4.76. The van der Waals surface area contributed by atoms with E-state index in [1.165, 1.54) is 44.9 Å². The topological polar surface area (TPSA) is 29.3 Å². The second kappa shape index (κ2) is 5.71. The third-order valence-corrected chi connectivity index (χ3v) is 5.09. The van der Waals surface area contributed by atoms with E-state index < -0.39 is 0 Å². The lowest BCUT2D eigenvalue weighted by molar-refractivity contribution is 0.0495. The van der Waals surface area contributed by atoms with Gasteiger partial charge in [-0.05, 0) is 44.6 Å². The first-order valence-electron chi connectivity index (χ1n) is 7.57. The maximum Gasteiger partial charge on any atom is 0.0272 e. The van der Waals surface area contributed by atoms with Crippen LogP contribution in [0.25, 0.3) is 0 Å². The van der Waals surface area contributed by atoms with Crippen LogP contribution in [0, 0.1) is 11.8 Å². The zero-order valence-corrected chi connectivity index (χ0v) is 11.9.